The molecule has 0 aliphatic rings. The van der Waals surface area contributed by atoms with E-state index in [4.69, 9.17) is 5.73 Å². The van der Waals surface area contributed by atoms with Crippen molar-refractivity contribution in [3.05, 3.63) is 17.3 Å². The second-order valence-electron chi connectivity index (χ2n) is 4.74. The summed E-state index contributed by atoms with van der Waals surface area (Å²) in [6.45, 7) is 12.6. The van der Waals surface area contributed by atoms with E-state index in [1.165, 1.54) is 0 Å². The number of nitrogens with zero attached hydrogens (tertiary/aromatic N) is 3. The minimum atomic E-state index is 0.802. The molecule has 0 bridgehead atoms. The third-order valence-electron chi connectivity index (χ3n) is 3.48. The number of hydrogen-bond acceptors (Lipinski definition) is 4. The molecule has 0 radical (unpaired) electrons. The Morgan fingerprint density at radius 1 is 1.17 bits per heavy atom. The summed E-state index contributed by atoms with van der Waals surface area (Å²) in [7, 11) is 2.08. The number of hydrogen-bond donors (Lipinski definition) is 1. The van der Waals surface area contributed by atoms with Gasteiger partial charge in [-0.15, -0.1) is 0 Å². The molecule has 4 nitrogen and oxygen atoms in total. The molecule has 0 amide bonds. The first-order valence-corrected chi connectivity index (χ1v) is 6.66. The summed E-state index contributed by atoms with van der Waals surface area (Å²) >= 11 is 0. The van der Waals surface area contributed by atoms with Gasteiger partial charge in [-0.2, -0.15) is 0 Å². The van der Waals surface area contributed by atoms with E-state index in [2.05, 4.69) is 41.7 Å². The highest BCUT2D eigenvalue weighted by Crippen LogP contribution is 2.20. The fourth-order valence-electron chi connectivity index (χ4n) is 1.96. The number of anilines is 2. The topological polar surface area (TPSA) is 45.4 Å². The van der Waals surface area contributed by atoms with Gasteiger partial charge in [0.15, 0.2) is 0 Å². The second-order valence-corrected chi connectivity index (χ2v) is 4.74. The largest absolute Gasteiger partial charge is 0.397 e. The Balaban J connectivity index is 2.70. The molecule has 0 aliphatic carbocycles. The number of nitrogens with two attached hydrogens (primary N) is 1. The van der Waals surface area contributed by atoms with Gasteiger partial charge < -0.3 is 15.5 Å². The van der Waals surface area contributed by atoms with Crippen LogP contribution in [0, 0.1) is 13.8 Å². The van der Waals surface area contributed by atoms with E-state index in [-0.39, 0.29) is 0 Å². The molecule has 0 saturated carbocycles. The Hall–Kier alpha value is -1.29. The maximum absolute atomic E-state index is 5.93. The Morgan fingerprint density at radius 2 is 1.78 bits per heavy atom. The first kappa shape index (κ1) is 14.8. The molecular formula is C14H26N4. The van der Waals surface area contributed by atoms with Crippen molar-refractivity contribution in [2.75, 3.05) is 43.9 Å². The highest BCUT2D eigenvalue weighted by Gasteiger charge is 2.08. The molecule has 18 heavy (non-hydrogen) atoms. The molecule has 4 heteroatoms. The molecular weight excluding hydrogens is 224 g/mol. The lowest BCUT2D eigenvalue weighted by Gasteiger charge is -2.24. The fourth-order valence-corrected chi connectivity index (χ4v) is 1.96. The number of aromatic nitrogens is 1. The number of rotatable bonds is 6. The van der Waals surface area contributed by atoms with E-state index in [9.17, 15) is 0 Å². The van der Waals surface area contributed by atoms with Crippen molar-refractivity contribution >= 4 is 11.5 Å². The van der Waals surface area contributed by atoms with Crippen LogP contribution in [0.4, 0.5) is 11.5 Å². The van der Waals surface area contributed by atoms with Gasteiger partial charge in [0.25, 0.3) is 0 Å². The molecule has 1 heterocycles. The van der Waals surface area contributed by atoms with E-state index < -0.39 is 0 Å². The molecule has 1 aromatic heterocycles. The smallest absolute Gasteiger partial charge is 0.129 e. The third kappa shape index (κ3) is 3.60. The average molecular weight is 250 g/mol. The molecule has 1 aromatic rings. The van der Waals surface area contributed by atoms with E-state index in [0.717, 1.165) is 48.9 Å². The van der Waals surface area contributed by atoms with Crippen LogP contribution in [-0.2, 0) is 0 Å². The molecule has 102 valence electrons. The van der Waals surface area contributed by atoms with Crippen LogP contribution in [-0.4, -0.2) is 43.1 Å². The van der Waals surface area contributed by atoms with Gasteiger partial charge in [0.2, 0.25) is 0 Å². The van der Waals surface area contributed by atoms with Gasteiger partial charge in [0.05, 0.1) is 11.4 Å². The maximum Gasteiger partial charge on any atom is 0.129 e. The number of aryl methyl sites for hydroxylation is 2. The summed E-state index contributed by atoms with van der Waals surface area (Å²) in [4.78, 5) is 9.15. The van der Waals surface area contributed by atoms with Crippen LogP contribution in [0.5, 0.6) is 0 Å². The van der Waals surface area contributed by atoms with Crippen molar-refractivity contribution in [2.45, 2.75) is 27.7 Å². The van der Waals surface area contributed by atoms with E-state index in [0.29, 0.717) is 0 Å². The Labute approximate surface area is 111 Å². The SMILES string of the molecule is CCN(CC)CCN(C)c1cc(C)c(N)c(C)n1. The Bertz CT molecular complexity index is 362. The van der Waals surface area contributed by atoms with Gasteiger partial charge in [-0.1, -0.05) is 13.8 Å². The van der Waals surface area contributed by atoms with Crippen molar-refractivity contribution in [3.8, 4) is 0 Å². The van der Waals surface area contributed by atoms with Crippen LogP contribution >= 0.6 is 0 Å². The molecule has 0 spiro atoms. The van der Waals surface area contributed by atoms with Crippen LogP contribution in [0.1, 0.15) is 25.1 Å². The van der Waals surface area contributed by atoms with Gasteiger partial charge in [0.1, 0.15) is 5.82 Å². The van der Waals surface area contributed by atoms with E-state index in [1.54, 1.807) is 0 Å². The van der Waals surface area contributed by atoms with Crippen molar-refractivity contribution in [3.63, 3.8) is 0 Å². The lowest BCUT2D eigenvalue weighted by atomic mass is 10.2. The second kappa shape index (κ2) is 6.59. The number of pyridine rings is 1. The summed E-state index contributed by atoms with van der Waals surface area (Å²) in [5.41, 5.74) is 8.75. The molecule has 0 aliphatic heterocycles. The molecule has 2 N–H and O–H groups in total. The molecule has 0 fully saturated rings. The first-order valence-electron chi connectivity index (χ1n) is 6.66. The third-order valence-corrected chi connectivity index (χ3v) is 3.48. The van der Waals surface area contributed by atoms with Crippen LogP contribution in [0.3, 0.4) is 0 Å². The summed E-state index contributed by atoms with van der Waals surface area (Å²) in [5.74, 6) is 1.01. The van der Waals surface area contributed by atoms with Crippen LogP contribution in [0.25, 0.3) is 0 Å². The Morgan fingerprint density at radius 3 is 2.28 bits per heavy atom. The van der Waals surface area contributed by atoms with Crippen LogP contribution in [0.2, 0.25) is 0 Å². The van der Waals surface area contributed by atoms with Crippen molar-refractivity contribution in [1.29, 1.82) is 0 Å². The zero-order valence-corrected chi connectivity index (χ0v) is 12.3. The Kier molecular flexibility index (Phi) is 5.41. The minimum Gasteiger partial charge on any atom is -0.397 e. The van der Waals surface area contributed by atoms with Gasteiger partial charge in [-0.3, -0.25) is 0 Å². The normalized spacial score (nSPS) is 11.0. The van der Waals surface area contributed by atoms with Gasteiger partial charge >= 0.3 is 0 Å². The average Bonchev–Trinajstić information content (AvgIpc) is 2.36. The zero-order valence-electron chi connectivity index (χ0n) is 12.3. The zero-order chi connectivity index (χ0) is 13.7. The number of likely N-dealkylation sites (N-methyl/N-ethyl adjacent to an activating group) is 2. The molecule has 0 atom stereocenters. The van der Waals surface area contributed by atoms with Gasteiger partial charge in [-0.05, 0) is 38.6 Å². The predicted molar refractivity (Wildman–Crippen MR) is 79.2 cm³/mol. The predicted octanol–water partition coefficient (Wildman–Crippen LogP) is 2.06. The van der Waals surface area contributed by atoms with E-state index >= 15 is 0 Å². The summed E-state index contributed by atoms with van der Waals surface area (Å²) in [6, 6.07) is 2.06. The fraction of sp³-hybridized carbons (Fsp3) is 0.643. The molecule has 0 aromatic carbocycles. The lowest BCUT2D eigenvalue weighted by molar-refractivity contribution is 0.311. The van der Waals surface area contributed by atoms with Gasteiger partial charge in [0, 0.05) is 20.1 Å². The quantitative estimate of drug-likeness (QED) is 0.839. The van der Waals surface area contributed by atoms with E-state index in [1.807, 2.05) is 13.8 Å². The molecule has 0 unspecified atom stereocenters. The lowest BCUT2D eigenvalue weighted by Crippen LogP contribution is -2.33. The summed E-state index contributed by atoms with van der Waals surface area (Å²) in [6.07, 6.45) is 0. The van der Waals surface area contributed by atoms with Crippen LogP contribution < -0.4 is 10.6 Å². The van der Waals surface area contributed by atoms with Crippen molar-refractivity contribution < 1.29 is 0 Å². The summed E-state index contributed by atoms with van der Waals surface area (Å²) < 4.78 is 0. The standard InChI is InChI=1S/C14H26N4/c1-6-18(7-2)9-8-17(5)13-10-11(3)14(15)12(4)16-13/h10H,6-9,15H2,1-5H3. The highest BCUT2D eigenvalue weighted by molar-refractivity contribution is 5.56. The van der Waals surface area contributed by atoms with Crippen LogP contribution in [0.15, 0.2) is 6.07 Å². The molecule has 1 rings (SSSR count). The number of nitrogen functional groups attached to an aromatic ring is 1. The van der Waals surface area contributed by atoms with Gasteiger partial charge in [-0.25, -0.2) is 4.98 Å². The maximum atomic E-state index is 5.93. The van der Waals surface area contributed by atoms with Crippen molar-refractivity contribution in [1.82, 2.24) is 9.88 Å². The van der Waals surface area contributed by atoms with Crippen molar-refractivity contribution in [2.24, 2.45) is 0 Å². The summed E-state index contributed by atoms with van der Waals surface area (Å²) in [5, 5.41) is 0. The molecule has 0 saturated heterocycles. The highest BCUT2D eigenvalue weighted by atomic mass is 15.2. The first-order chi connectivity index (χ1) is 8.49. The minimum absolute atomic E-state index is 0.802. The monoisotopic (exact) mass is 250 g/mol.